The Morgan fingerprint density at radius 3 is 2.92 bits per heavy atom. The lowest BCUT2D eigenvalue weighted by Gasteiger charge is -2.11. The number of thiophene rings is 1. The van der Waals surface area contributed by atoms with Crippen molar-refractivity contribution in [1.29, 1.82) is 0 Å². The molecule has 6 nitrogen and oxygen atoms in total. The third kappa shape index (κ3) is 2.80. The molecule has 1 N–H and O–H groups in total. The van der Waals surface area contributed by atoms with Crippen LogP contribution in [0.5, 0.6) is 0 Å². The molecule has 0 aliphatic heterocycles. The van der Waals surface area contributed by atoms with Gasteiger partial charge in [0.1, 0.15) is 5.00 Å². The summed E-state index contributed by atoms with van der Waals surface area (Å²) in [5.74, 6) is -0.725. The average Bonchev–Trinajstić information content (AvgIpc) is 3.22. The smallest absolute Gasteiger partial charge is 0.341 e. The Morgan fingerprint density at radius 1 is 1.28 bits per heavy atom. The molecule has 0 bridgehead atoms. The summed E-state index contributed by atoms with van der Waals surface area (Å²) in [6.45, 7) is 0. The van der Waals surface area contributed by atoms with E-state index in [1.165, 1.54) is 18.4 Å². The van der Waals surface area contributed by atoms with Crippen molar-refractivity contribution in [3.8, 4) is 0 Å². The van der Waals surface area contributed by atoms with Gasteiger partial charge in [0.15, 0.2) is 5.69 Å². The minimum atomic E-state index is -0.398. The summed E-state index contributed by atoms with van der Waals surface area (Å²) >= 11 is 1.47. The lowest BCUT2D eigenvalue weighted by molar-refractivity contribution is 0.0601. The predicted molar refractivity (Wildman–Crippen MR) is 95.4 cm³/mol. The first-order valence-corrected chi connectivity index (χ1v) is 8.97. The van der Waals surface area contributed by atoms with Crippen LogP contribution in [-0.2, 0) is 17.6 Å². The van der Waals surface area contributed by atoms with E-state index in [4.69, 9.17) is 4.74 Å². The number of hydrogen-bond acceptors (Lipinski definition) is 5. The Hall–Kier alpha value is -2.67. The fourth-order valence-electron chi connectivity index (χ4n) is 3.19. The highest BCUT2D eigenvalue weighted by Gasteiger charge is 2.27. The lowest BCUT2D eigenvalue weighted by atomic mass is 9.95. The van der Waals surface area contributed by atoms with E-state index >= 15 is 0 Å². The molecule has 128 valence electrons. The highest BCUT2D eigenvalue weighted by Crippen LogP contribution is 2.38. The Bertz CT molecular complexity index is 940. The first-order valence-electron chi connectivity index (χ1n) is 8.16. The maximum atomic E-state index is 12.6. The van der Waals surface area contributed by atoms with Crippen LogP contribution in [0.2, 0.25) is 0 Å². The molecule has 0 saturated heterocycles. The van der Waals surface area contributed by atoms with Gasteiger partial charge in [-0.2, -0.15) is 5.10 Å². The quantitative estimate of drug-likeness (QED) is 0.732. The van der Waals surface area contributed by atoms with E-state index in [9.17, 15) is 9.59 Å². The fraction of sp³-hybridized carbons (Fsp3) is 0.278. The maximum Gasteiger partial charge on any atom is 0.341 e. The number of carbonyl (C=O) groups excluding carboxylic acids is 2. The molecule has 0 radical (unpaired) electrons. The number of methoxy groups -OCH3 is 1. The number of amides is 1. The van der Waals surface area contributed by atoms with Crippen molar-refractivity contribution < 1.29 is 14.3 Å². The van der Waals surface area contributed by atoms with E-state index in [2.05, 4.69) is 10.4 Å². The zero-order valence-corrected chi connectivity index (χ0v) is 14.6. The number of nitrogens with zero attached hydrogens (tertiary/aromatic N) is 2. The third-order valence-electron chi connectivity index (χ3n) is 4.39. The minimum Gasteiger partial charge on any atom is -0.465 e. The van der Waals surface area contributed by atoms with E-state index in [0.717, 1.165) is 41.6 Å². The largest absolute Gasteiger partial charge is 0.465 e. The topological polar surface area (TPSA) is 72.7 Å². The number of rotatable bonds is 3. The summed E-state index contributed by atoms with van der Waals surface area (Å²) in [6.07, 6.45) is 5.73. The first-order chi connectivity index (χ1) is 12.2. The molecule has 1 aliphatic rings. The van der Waals surface area contributed by atoms with E-state index in [0.29, 0.717) is 16.3 Å². The normalized spacial score (nSPS) is 13.5. The molecule has 1 amide bonds. The van der Waals surface area contributed by atoms with Gasteiger partial charge in [-0.25, -0.2) is 9.31 Å². The van der Waals surface area contributed by atoms with Crippen LogP contribution in [0.1, 0.15) is 44.1 Å². The van der Waals surface area contributed by atoms with Gasteiger partial charge in [-0.15, -0.1) is 11.3 Å². The fourth-order valence-corrected chi connectivity index (χ4v) is 4.46. The number of carbonyl (C=O) groups is 2. The summed E-state index contributed by atoms with van der Waals surface area (Å²) in [6, 6.07) is 7.35. The van der Waals surface area contributed by atoms with Gasteiger partial charge in [0.2, 0.25) is 0 Å². The highest BCUT2D eigenvalue weighted by atomic mass is 32.1. The lowest BCUT2D eigenvalue weighted by Crippen LogP contribution is -2.15. The second kappa shape index (κ2) is 6.33. The molecular formula is C18H17N3O3S. The third-order valence-corrected chi connectivity index (χ3v) is 5.60. The van der Waals surface area contributed by atoms with Gasteiger partial charge >= 0.3 is 5.97 Å². The van der Waals surface area contributed by atoms with Crippen LogP contribution in [0, 0.1) is 0 Å². The zero-order chi connectivity index (χ0) is 17.4. The molecular weight excluding hydrogens is 338 g/mol. The summed E-state index contributed by atoms with van der Waals surface area (Å²) in [4.78, 5) is 26.0. The SMILES string of the molecule is COC(=O)c1c(NC(=O)c2cc3ccccn3n2)sc2c1CCCC2. The number of anilines is 1. The molecule has 0 fully saturated rings. The number of fused-ring (bicyclic) bond motifs is 2. The summed E-state index contributed by atoms with van der Waals surface area (Å²) < 4.78 is 6.58. The molecule has 0 atom stereocenters. The van der Waals surface area contributed by atoms with E-state index < -0.39 is 5.97 Å². The Balaban J connectivity index is 1.68. The predicted octanol–water partition coefficient (Wildman–Crippen LogP) is 3.31. The van der Waals surface area contributed by atoms with Crippen molar-refractivity contribution >= 4 is 33.7 Å². The Morgan fingerprint density at radius 2 is 2.12 bits per heavy atom. The number of nitrogens with one attached hydrogen (secondary N) is 1. The van der Waals surface area contributed by atoms with Crippen molar-refractivity contribution in [1.82, 2.24) is 9.61 Å². The van der Waals surface area contributed by atoms with Gasteiger partial charge in [0.05, 0.1) is 18.2 Å². The number of hydrogen-bond donors (Lipinski definition) is 1. The Labute approximate surface area is 148 Å². The molecule has 25 heavy (non-hydrogen) atoms. The van der Waals surface area contributed by atoms with Gasteiger partial charge in [0.25, 0.3) is 5.91 Å². The van der Waals surface area contributed by atoms with Crippen molar-refractivity contribution in [2.75, 3.05) is 12.4 Å². The van der Waals surface area contributed by atoms with E-state index in [1.807, 2.05) is 18.2 Å². The van der Waals surface area contributed by atoms with E-state index in [1.54, 1.807) is 16.8 Å². The molecule has 0 aromatic carbocycles. The van der Waals surface area contributed by atoms with Crippen molar-refractivity contribution in [2.24, 2.45) is 0 Å². The number of aromatic nitrogens is 2. The molecule has 0 saturated carbocycles. The van der Waals surface area contributed by atoms with Crippen molar-refractivity contribution in [2.45, 2.75) is 25.7 Å². The van der Waals surface area contributed by atoms with Crippen molar-refractivity contribution in [3.05, 3.63) is 52.2 Å². The molecule has 7 heteroatoms. The van der Waals surface area contributed by atoms with Gasteiger partial charge < -0.3 is 10.1 Å². The molecule has 0 unspecified atom stereocenters. The van der Waals surface area contributed by atoms with Gasteiger partial charge in [-0.05, 0) is 49.4 Å². The van der Waals surface area contributed by atoms with Crippen LogP contribution in [-0.4, -0.2) is 28.6 Å². The van der Waals surface area contributed by atoms with Crippen LogP contribution in [0.15, 0.2) is 30.5 Å². The monoisotopic (exact) mass is 355 g/mol. The van der Waals surface area contributed by atoms with Gasteiger partial charge in [-0.3, -0.25) is 4.79 Å². The van der Waals surface area contributed by atoms with E-state index in [-0.39, 0.29) is 5.91 Å². The minimum absolute atomic E-state index is 0.313. The summed E-state index contributed by atoms with van der Waals surface area (Å²) in [7, 11) is 1.36. The van der Waals surface area contributed by atoms with Crippen LogP contribution in [0.4, 0.5) is 5.00 Å². The molecule has 3 aromatic rings. The van der Waals surface area contributed by atoms with Crippen LogP contribution >= 0.6 is 11.3 Å². The highest BCUT2D eigenvalue weighted by molar-refractivity contribution is 7.17. The second-order valence-electron chi connectivity index (χ2n) is 5.96. The van der Waals surface area contributed by atoms with Gasteiger partial charge in [0, 0.05) is 11.1 Å². The molecule has 3 heterocycles. The number of pyridine rings is 1. The molecule has 0 spiro atoms. The number of esters is 1. The number of ether oxygens (including phenoxy) is 1. The maximum absolute atomic E-state index is 12.6. The first kappa shape index (κ1) is 15.8. The Kier molecular flexibility index (Phi) is 4.01. The average molecular weight is 355 g/mol. The molecule has 1 aliphatic carbocycles. The summed E-state index contributed by atoms with van der Waals surface area (Å²) in [5, 5.41) is 7.70. The standard InChI is InChI=1S/C18H17N3O3S/c1-24-18(23)15-12-7-2-3-8-14(12)25-17(15)19-16(22)13-10-11-6-4-5-9-21(11)20-13/h4-6,9-10H,2-3,7-8H2,1H3,(H,19,22). The van der Waals surface area contributed by atoms with Crippen LogP contribution in [0.25, 0.3) is 5.52 Å². The van der Waals surface area contributed by atoms with Crippen molar-refractivity contribution in [3.63, 3.8) is 0 Å². The second-order valence-corrected chi connectivity index (χ2v) is 7.07. The van der Waals surface area contributed by atoms with Crippen LogP contribution < -0.4 is 5.32 Å². The van der Waals surface area contributed by atoms with Gasteiger partial charge in [-0.1, -0.05) is 6.07 Å². The molecule has 3 aromatic heterocycles. The number of aryl methyl sites for hydroxylation is 1. The summed E-state index contributed by atoms with van der Waals surface area (Å²) in [5.41, 5.74) is 2.67. The zero-order valence-electron chi connectivity index (χ0n) is 13.7. The molecule has 4 rings (SSSR count). The van der Waals surface area contributed by atoms with Crippen LogP contribution in [0.3, 0.4) is 0 Å².